The fourth-order valence-corrected chi connectivity index (χ4v) is 4.02. The summed E-state index contributed by atoms with van der Waals surface area (Å²) >= 11 is 1.41. The molecule has 8 heteroatoms. The molecule has 2 aromatic rings. The van der Waals surface area contributed by atoms with Crippen LogP contribution in [0.1, 0.15) is 31.9 Å². The monoisotopic (exact) mass is 387 g/mol. The van der Waals surface area contributed by atoms with E-state index in [1.54, 1.807) is 17.0 Å². The number of rotatable bonds is 4. The summed E-state index contributed by atoms with van der Waals surface area (Å²) in [5.74, 6) is 0.962. The van der Waals surface area contributed by atoms with Crippen molar-refractivity contribution in [1.29, 1.82) is 0 Å². The zero-order valence-electron chi connectivity index (χ0n) is 15.2. The number of aromatic nitrogens is 1. The van der Waals surface area contributed by atoms with Gasteiger partial charge in [0.1, 0.15) is 13.2 Å². The van der Waals surface area contributed by atoms with E-state index in [-0.39, 0.29) is 18.2 Å². The van der Waals surface area contributed by atoms with Crippen LogP contribution in [0, 0.1) is 5.92 Å². The summed E-state index contributed by atoms with van der Waals surface area (Å²) in [5.41, 5.74) is 1.67. The molecule has 1 saturated heterocycles. The Morgan fingerprint density at radius 1 is 1.30 bits per heavy atom. The van der Waals surface area contributed by atoms with Gasteiger partial charge in [0.25, 0.3) is 0 Å². The molecule has 7 nitrogen and oxygen atoms in total. The molecule has 2 amide bonds. The Morgan fingerprint density at radius 3 is 2.81 bits per heavy atom. The Kier molecular flexibility index (Phi) is 4.73. The fraction of sp³-hybridized carbons (Fsp3) is 0.421. The number of amides is 2. The van der Waals surface area contributed by atoms with Gasteiger partial charge in [-0.3, -0.25) is 9.59 Å². The van der Waals surface area contributed by atoms with E-state index < -0.39 is 5.92 Å². The summed E-state index contributed by atoms with van der Waals surface area (Å²) in [6.07, 6.45) is 0.183. The number of anilines is 2. The van der Waals surface area contributed by atoms with Gasteiger partial charge in [0, 0.05) is 30.1 Å². The smallest absolute Gasteiger partial charge is 0.231 e. The highest BCUT2D eigenvalue weighted by Gasteiger charge is 2.36. The van der Waals surface area contributed by atoms with E-state index in [0.29, 0.717) is 42.3 Å². The number of nitrogens with zero attached hydrogens (tertiary/aromatic N) is 2. The summed E-state index contributed by atoms with van der Waals surface area (Å²) in [4.78, 5) is 31.1. The average Bonchev–Trinajstić information content (AvgIpc) is 3.28. The second-order valence-electron chi connectivity index (χ2n) is 6.95. The van der Waals surface area contributed by atoms with E-state index in [2.05, 4.69) is 24.1 Å². The average molecular weight is 387 g/mol. The molecule has 2 aliphatic heterocycles. The lowest BCUT2D eigenvalue weighted by Crippen LogP contribution is -2.28. The van der Waals surface area contributed by atoms with Crippen LogP contribution in [-0.4, -0.2) is 36.6 Å². The highest BCUT2D eigenvalue weighted by atomic mass is 32.1. The van der Waals surface area contributed by atoms with Gasteiger partial charge < -0.3 is 19.7 Å². The van der Waals surface area contributed by atoms with Crippen molar-refractivity contribution in [3.63, 3.8) is 0 Å². The summed E-state index contributed by atoms with van der Waals surface area (Å²) in [6, 6.07) is 5.41. The Bertz CT molecular complexity index is 880. The molecule has 1 aromatic heterocycles. The number of nitrogens with one attached hydrogen (secondary N) is 1. The minimum Gasteiger partial charge on any atom is -0.486 e. The lowest BCUT2D eigenvalue weighted by atomic mass is 10.1. The number of fused-ring (bicyclic) bond motifs is 1. The molecule has 0 aliphatic carbocycles. The number of hydrogen-bond donors (Lipinski definition) is 1. The summed E-state index contributed by atoms with van der Waals surface area (Å²) < 4.78 is 11.1. The van der Waals surface area contributed by atoms with Crippen LogP contribution in [0.5, 0.6) is 11.5 Å². The van der Waals surface area contributed by atoms with Gasteiger partial charge in [-0.25, -0.2) is 4.98 Å². The fourth-order valence-electron chi connectivity index (χ4n) is 3.15. The van der Waals surface area contributed by atoms with Crippen LogP contribution in [0.2, 0.25) is 0 Å². The Labute approximate surface area is 161 Å². The van der Waals surface area contributed by atoms with Gasteiger partial charge in [0.2, 0.25) is 11.8 Å². The van der Waals surface area contributed by atoms with Crippen LogP contribution in [0.15, 0.2) is 23.6 Å². The molecular formula is C19H21N3O4S. The molecule has 4 rings (SSSR count). The van der Waals surface area contributed by atoms with E-state index in [1.165, 1.54) is 11.3 Å². The Hall–Kier alpha value is -2.61. The number of thiazole rings is 1. The third-order valence-corrected chi connectivity index (χ3v) is 5.45. The van der Waals surface area contributed by atoms with Crippen molar-refractivity contribution < 1.29 is 19.1 Å². The first-order valence-electron chi connectivity index (χ1n) is 8.97. The Morgan fingerprint density at radius 2 is 2.07 bits per heavy atom. The van der Waals surface area contributed by atoms with Gasteiger partial charge in [-0.05, 0) is 18.1 Å². The van der Waals surface area contributed by atoms with Gasteiger partial charge >= 0.3 is 0 Å². The summed E-state index contributed by atoms with van der Waals surface area (Å²) in [6.45, 7) is 5.46. The molecule has 27 heavy (non-hydrogen) atoms. The number of carbonyl (C=O) groups is 2. The van der Waals surface area contributed by atoms with Gasteiger partial charge in [-0.1, -0.05) is 13.8 Å². The van der Waals surface area contributed by atoms with Crippen molar-refractivity contribution in [2.75, 3.05) is 30.0 Å². The number of carbonyl (C=O) groups excluding carboxylic acids is 2. The molecule has 1 aromatic carbocycles. The van der Waals surface area contributed by atoms with E-state index in [9.17, 15) is 9.59 Å². The lowest BCUT2D eigenvalue weighted by molar-refractivity contribution is -0.122. The van der Waals surface area contributed by atoms with E-state index in [4.69, 9.17) is 9.47 Å². The highest BCUT2D eigenvalue weighted by Crippen LogP contribution is 2.36. The topological polar surface area (TPSA) is 80.8 Å². The first-order valence-corrected chi connectivity index (χ1v) is 9.85. The van der Waals surface area contributed by atoms with Crippen molar-refractivity contribution in [3.8, 4) is 11.5 Å². The molecule has 2 aliphatic rings. The molecule has 0 radical (unpaired) electrons. The van der Waals surface area contributed by atoms with Crippen molar-refractivity contribution in [1.82, 2.24) is 4.98 Å². The molecule has 0 bridgehead atoms. The normalized spacial score (nSPS) is 18.9. The van der Waals surface area contributed by atoms with Crippen LogP contribution in [0.4, 0.5) is 10.8 Å². The lowest BCUT2D eigenvalue weighted by Gasteiger charge is -2.22. The van der Waals surface area contributed by atoms with Crippen LogP contribution < -0.4 is 19.7 Å². The minimum atomic E-state index is -0.405. The van der Waals surface area contributed by atoms with Crippen LogP contribution in [0.25, 0.3) is 0 Å². The maximum atomic E-state index is 12.6. The van der Waals surface area contributed by atoms with Crippen molar-refractivity contribution in [2.24, 2.45) is 5.92 Å². The third kappa shape index (κ3) is 3.62. The predicted octanol–water partition coefficient (Wildman–Crippen LogP) is 3.03. The van der Waals surface area contributed by atoms with E-state index in [0.717, 1.165) is 11.4 Å². The zero-order valence-corrected chi connectivity index (χ0v) is 16.0. The summed E-state index contributed by atoms with van der Waals surface area (Å²) in [5, 5.41) is 5.37. The molecule has 1 atom stereocenters. The van der Waals surface area contributed by atoms with Crippen molar-refractivity contribution in [3.05, 3.63) is 29.3 Å². The van der Waals surface area contributed by atoms with Gasteiger partial charge in [-0.15, -0.1) is 11.3 Å². The largest absolute Gasteiger partial charge is 0.486 e. The molecule has 1 fully saturated rings. The standard InChI is InChI=1S/C19H21N3O4S/c1-11(2)14-10-27-19(20-14)21-18(24)12-7-17(23)22(9-12)13-3-4-15-16(8-13)26-6-5-25-15/h3-4,8,10-12H,5-7,9H2,1-2H3,(H,20,21,24). The third-order valence-electron chi connectivity index (χ3n) is 4.68. The molecule has 1 N–H and O–H groups in total. The van der Waals surface area contributed by atoms with Crippen molar-refractivity contribution >= 4 is 34.0 Å². The molecule has 142 valence electrons. The van der Waals surface area contributed by atoms with Crippen LogP contribution in [0.3, 0.4) is 0 Å². The Balaban J connectivity index is 1.44. The predicted molar refractivity (Wildman–Crippen MR) is 103 cm³/mol. The summed E-state index contributed by atoms with van der Waals surface area (Å²) in [7, 11) is 0. The maximum absolute atomic E-state index is 12.6. The number of ether oxygens (including phenoxy) is 2. The number of benzene rings is 1. The molecule has 1 unspecified atom stereocenters. The molecule has 0 saturated carbocycles. The minimum absolute atomic E-state index is 0.0752. The second-order valence-corrected chi connectivity index (χ2v) is 7.81. The van der Waals surface area contributed by atoms with Crippen LogP contribution >= 0.6 is 11.3 Å². The quantitative estimate of drug-likeness (QED) is 0.872. The number of hydrogen-bond acceptors (Lipinski definition) is 6. The maximum Gasteiger partial charge on any atom is 0.231 e. The molecular weight excluding hydrogens is 366 g/mol. The van der Waals surface area contributed by atoms with E-state index >= 15 is 0 Å². The first kappa shape index (κ1) is 17.8. The highest BCUT2D eigenvalue weighted by molar-refractivity contribution is 7.13. The van der Waals surface area contributed by atoms with Crippen LogP contribution in [-0.2, 0) is 9.59 Å². The molecule has 3 heterocycles. The van der Waals surface area contributed by atoms with Gasteiger partial charge in [0.05, 0.1) is 11.6 Å². The van der Waals surface area contributed by atoms with Crippen molar-refractivity contribution in [2.45, 2.75) is 26.2 Å². The van der Waals surface area contributed by atoms with E-state index in [1.807, 2.05) is 11.4 Å². The first-order chi connectivity index (χ1) is 13.0. The SMILES string of the molecule is CC(C)c1csc(NC(=O)C2CC(=O)N(c3ccc4c(c3)OCCO4)C2)n1. The van der Waals surface area contributed by atoms with Gasteiger partial charge in [-0.2, -0.15) is 0 Å². The van der Waals surface area contributed by atoms with Gasteiger partial charge in [0.15, 0.2) is 16.6 Å². The molecule has 0 spiro atoms. The second kappa shape index (κ2) is 7.19. The zero-order chi connectivity index (χ0) is 19.0.